The van der Waals surface area contributed by atoms with Crippen LogP contribution in [-0.2, 0) is 0 Å². The number of carbonyl (C=O) groups is 1. The molecule has 0 fully saturated rings. The van der Waals surface area contributed by atoms with Gasteiger partial charge in [-0.2, -0.15) is 0 Å². The molecule has 4 aromatic rings. The summed E-state index contributed by atoms with van der Waals surface area (Å²) in [5.41, 5.74) is 0.607. The quantitative estimate of drug-likeness (QED) is 0.461. The molecule has 1 N–H and O–H groups in total. The number of thiophene rings is 1. The van der Waals surface area contributed by atoms with Gasteiger partial charge in [0.2, 0.25) is 0 Å². The number of ether oxygens (including phenoxy) is 2. The Kier molecular flexibility index (Phi) is 4.64. The Balaban J connectivity index is 1.73. The molecule has 0 spiro atoms. The molecular formula is C21H16ClNO3S. The van der Waals surface area contributed by atoms with Crippen molar-refractivity contribution in [2.24, 2.45) is 0 Å². The number of amides is 1. The first-order valence-corrected chi connectivity index (χ1v) is 9.45. The maximum atomic E-state index is 12.8. The van der Waals surface area contributed by atoms with E-state index in [2.05, 4.69) is 5.32 Å². The van der Waals surface area contributed by atoms with Gasteiger partial charge in [-0.05, 0) is 29.0 Å². The molecule has 0 radical (unpaired) electrons. The first kappa shape index (κ1) is 17.6. The molecule has 1 amide bonds. The van der Waals surface area contributed by atoms with E-state index in [1.54, 1.807) is 32.4 Å². The van der Waals surface area contributed by atoms with Crippen LogP contribution in [0.15, 0.2) is 54.6 Å². The van der Waals surface area contributed by atoms with E-state index in [0.717, 1.165) is 20.9 Å². The lowest BCUT2D eigenvalue weighted by atomic mass is 10.1. The Morgan fingerprint density at radius 3 is 2.56 bits per heavy atom. The Hall–Kier alpha value is -2.76. The van der Waals surface area contributed by atoms with Crippen molar-refractivity contribution >= 4 is 55.4 Å². The van der Waals surface area contributed by atoms with Gasteiger partial charge < -0.3 is 14.8 Å². The minimum Gasteiger partial charge on any atom is -0.493 e. The van der Waals surface area contributed by atoms with Crippen molar-refractivity contribution in [3.05, 3.63) is 64.5 Å². The monoisotopic (exact) mass is 397 g/mol. The van der Waals surface area contributed by atoms with Gasteiger partial charge in [-0.15, -0.1) is 11.3 Å². The molecule has 0 bridgehead atoms. The lowest BCUT2D eigenvalue weighted by molar-refractivity contribution is 0.103. The van der Waals surface area contributed by atoms with Crippen LogP contribution in [0.25, 0.3) is 20.9 Å². The minimum atomic E-state index is -0.252. The maximum absolute atomic E-state index is 12.8. The van der Waals surface area contributed by atoms with Crippen molar-refractivity contribution < 1.29 is 14.3 Å². The number of nitrogens with one attached hydrogen (secondary N) is 1. The highest BCUT2D eigenvalue weighted by Gasteiger charge is 2.19. The largest absolute Gasteiger partial charge is 0.493 e. The molecule has 0 atom stereocenters. The summed E-state index contributed by atoms with van der Waals surface area (Å²) in [6.07, 6.45) is 0. The van der Waals surface area contributed by atoms with E-state index in [0.29, 0.717) is 27.1 Å². The highest BCUT2D eigenvalue weighted by atomic mass is 35.5. The van der Waals surface area contributed by atoms with Gasteiger partial charge in [0.05, 0.1) is 19.2 Å². The normalized spacial score (nSPS) is 10.9. The van der Waals surface area contributed by atoms with Crippen LogP contribution in [0.3, 0.4) is 0 Å². The fourth-order valence-corrected chi connectivity index (χ4v) is 4.55. The number of methoxy groups -OCH3 is 2. The first-order valence-electron chi connectivity index (χ1n) is 8.25. The van der Waals surface area contributed by atoms with Crippen LogP contribution in [0.5, 0.6) is 11.5 Å². The second-order valence-corrected chi connectivity index (χ2v) is 7.36. The van der Waals surface area contributed by atoms with Gasteiger partial charge >= 0.3 is 0 Å². The number of fused-ring (bicyclic) bond motifs is 3. The maximum Gasteiger partial charge on any atom is 0.267 e. The van der Waals surface area contributed by atoms with Gasteiger partial charge in [0, 0.05) is 21.8 Å². The van der Waals surface area contributed by atoms with E-state index >= 15 is 0 Å². The zero-order chi connectivity index (χ0) is 19.0. The average Bonchev–Trinajstić information content (AvgIpc) is 3.05. The third-order valence-electron chi connectivity index (χ3n) is 4.37. The van der Waals surface area contributed by atoms with Crippen molar-refractivity contribution in [2.45, 2.75) is 0 Å². The Bertz CT molecular complexity index is 1170. The molecule has 0 aliphatic heterocycles. The van der Waals surface area contributed by atoms with E-state index in [4.69, 9.17) is 21.1 Å². The highest BCUT2D eigenvalue weighted by Crippen LogP contribution is 2.40. The van der Waals surface area contributed by atoms with Crippen molar-refractivity contribution in [3.63, 3.8) is 0 Å². The summed E-state index contributed by atoms with van der Waals surface area (Å²) in [5, 5.41) is 6.41. The first-order chi connectivity index (χ1) is 13.1. The van der Waals surface area contributed by atoms with Crippen LogP contribution in [0.1, 0.15) is 9.67 Å². The zero-order valence-electron chi connectivity index (χ0n) is 14.7. The van der Waals surface area contributed by atoms with E-state index in [9.17, 15) is 4.79 Å². The summed E-state index contributed by atoms with van der Waals surface area (Å²) in [5.74, 6) is 0.892. The number of halogens is 1. The molecule has 0 aliphatic carbocycles. The molecule has 4 nitrogen and oxygen atoms in total. The molecule has 6 heteroatoms. The standard InChI is InChI=1S/C21H16ClNO3S/c1-25-15-9-8-13(11-16(15)26-2)23-21(24)20-19(22)18-14-6-4-3-5-12(14)7-10-17(18)27-20/h3-11H,1-2H3,(H,23,24). The van der Waals surface area contributed by atoms with E-state index in [1.807, 2.05) is 36.4 Å². The molecule has 0 aliphatic rings. The molecule has 3 aromatic carbocycles. The van der Waals surface area contributed by atoms with Gasteiger partial charge in [0.25, 0.3) is 5.91 Å². The molecule has 27 heavy (non-hydrogen) atoms. The average molecular weight is 398 g/mol. The third kappa shape index (κ3) is 3.09. The van der Waals surface area contributed by atoms with E-state index in [-0.39, 0.29) is 5.91 Å². The van der Waals surface area contributed by atoms with Crippen molar-refractivity contribution in [3.8, 4) is 11.5 Å². The summed E-state index contributed by atoms with van der Waals surface area (Å²) >= 11 is 7.99. The molecule has 1 heterocycles. The van der Waals surface area contributed by atoms with Crippen LogP contribution in [-0.4, -0.2) is 20.1 Å². The van der Waals surface area contributed by atoms with E-state index < -0.39 is 0 Å². The molecule has 4 rings (SSSR count). The summed E-state index contributed by atoms with van der Waals surface area (Å²) in [7, 11) is 3.12. The van der Waals surface area contributed by atoms with Crippen LogP contribution < -0.4 is 14.8 Å². The third-order valence-corrected chi connectivity index (χ3v) is 6.01. The van der Waals surface area contributed by atoms with Crippen molar-refractivity contribution in [2.75, 3.05) is 19.5 Å². The second kappa shape index (κ2) is 7.10. The van der Waals surface area contributed by atoms with Crippen LogP contribution in [0.2, 0.25) is 5.02 Å². The summed E-state index contributed by atoms with van der Waals surface area (Å²) < 4.78 is 11.5. The molecule has 0 saturated carbocycles. The van der Waals surface area contributed by atoms with Gasteiger partial charge in [-0.25, -0.2) is 0 Å². The van der Waals surface area contributed by atoms with Gasteiger partial charge in [0.15, 0.2) is 11.5 Å². The second-order valence-electron chi connectivity index (χ2n) is 5.93. The Morgan fingerprint density at radius 2 is 1.78 bits per heavy atom. The predicted octanol–water partition coefficient (Wildman–Crippen LogP) is 5.98. The molecule has 136 valence electrons. The van der Waals surface area contributed by atoms with Gasteiger partial charge in [-0.3, -0.25) is 4.79 Å². The molecule has 0 unspecified atom stereocenters. The lowest BCUT2D eigenvalue weighted by Crippen LogP contribution is -2.10. The number of carbonyl (C=O) groups excluding carboxylic acids is 1. The summed E-state index contributed by atoms with van der Waals surface area (Å²) in [6.45, 7) is 0. The zero-order valence-corrected chi connectivity index (χ0v) is 16.3. The van der Waals surface area contributed by atoms with Crippen LogP contribution in [0, 0.1) is 0 Å². The van der Waals surface area contributed by atoms with E-state index in [1.165, 1.54) is 11.3 Å². The van der Waals surface area contributed by atoms with Gasteiger partial charge in [-0.1, -0.05) is 41.9 Å². The fourth-order valence-electron chi connectivity index (χ4n) is 3.08. The van der Waals surface area contributed by atoms with Crippen LogP contribution in [0.4, 0.5) is 5.69 Å². The Morgan fingerprint density at radius 1 is 1.00 bits per heavy atom. The van der Waals surface area contributed by atoms with Crippen molar-refractivity contribution in [1.82, 2.24) is 0 Å². The minimum absolute atomic E-state index is 0.252. The predicted molar refractivity (Wildman–Crippen MR) is 112 cm³/mol. The number of anilines is 1. The van der Waals surface area contributed by atoms with Gasteiger partial charge in [0.1, 0.15) is 4.88 Å². The van der Waals surface area contributed by atoms with Crippen LogP contribution >= 0.6 is 22.9 Å². The van der Waals surface area contributed by atoms with Crippen molar-refractivity contribution in [1.29, 1.82) is 0 Å². The number of hydrogen-bond acceptors (Lipinski definition) is 4. The topological polar surface area (TPSA) is 47.6 Å². The highest BCUT2D eigenvalue weighted by molar-refractivity contribution is 7.22. The smallest absolute Gasteiger partial charge is 0.267 e. The Labute approximate surface area is 165 Å². The number of benzene rings is 3. The molecule has 1 aromatic heterocycles. The fraction of sp³-hybridized carbons (Fsp3) is 0.0952. The molecular weight excluding hydrogens is 382 g/mol. The summed E-state index contributed by atoms with van der Waals surface area (Å²) in [4.78, 5) is 13.3. The lowest BCUT2D eigenvalue weighted by Gasteiger charge is -2.10. The SMILES string of the molecule is COc1ccc(NC(=O)c2sc3ccc4ccccc4c3c2Cl)cc1OC. The number of rotatable bonds is 4. The summed E-state index contributed by atoms with van der Waals surface area (Å²) in [6, 6.07) is 17.3. The number of hydrogen-bond donors (Lipinski definition) is 1. The molecule has 0 saturated heterocycles.